The summed E-state index contributed by atoms with van der Waals surface area (Å²) in [5.41, 5.74) is 0. The van der Waals surface area contributed by atoms with Crippen molar-refractivity contribution in [1.82, 2.24) is 4.90 Å². The van der Waals surface area contributed by atoms with Crippen molar-refractivity contribution in [2.45, 2.75) is 239 Å². The predicted molar refractivity (Wildman–Crippen MR) is 239 cm³/mol. The third kappa shape index (κ3) is 37.1. The molecule has 0 saturated heterocycles. The maximum atomic E-state index is 12.8. The number of nitrogens with zero attached hydrogens (tertiary/aromatic N) is 1. The lowest BCUT2D eigenvalue weighted by Gasteiger charge is -2.21. The molecule has 55 heavy (non-hydrogen) atoms. The highest BCUT2D eigenvalue weighted by Crippen LogP contribution is 2.20. The molecule has 326 valence electrons. The Labute approximate surface area is 349 Å². The number of aliphatic hydroxyl groups excluding tert-OH is 1. The first kappa shape index (κ1) is 54.1. The average molecular weight is 816 g/mol. The van der Waals surface area contributed by atoms with Gasteiger partial charge in [0.2, 0.25) is 5.91 Å². The summed E-state index contributed by atoms with van der Waals surface area (Å²) in [7, 11) is 1.70. The fourth-order valence-electron chi connectivity index (χ4n) is 6.74. The van der Waals surface area contributed by atoms with Crippen LogP contribution in [0.5, 0.6) is 0 Å². The van der Waals surface area contributed by atoms with E-state index in [-0.39, 0.29) is 42.7 Å². The fraction of sp³-hybridized carbons (Fsp3) is 0.935. The Morgan fingerprint density at radius 3 is 1.38 bits per heavy atom. The summed E-state index contributed by atoms with van der Waals surface area (Å²) < 4.78 is 11.9. The minimum absolute atomic E-state index is 0.000314. The molecule has 3 unspecified atom stereocenters. The van der Waals surface area contributed by atoms with Crippen molar-refractivity contribution in [3.63, 3.8) is 0 Å². The Morgan fingerprint density at radius 2 is 0.873 bits per heavy atom. The summed E-state index contributed by atoms with van der Waals surface area (Å²) in [5.74, 6) is 3.58. The van der Waals surface area contributed by atoms with Crippen molar-refractivity contribution in [2.75, 3.05) is 36.6 Å². The van der Waals surface area contributed by atoms with Gasteiger partial charge >= 0.3 is 11.9 Å². The number of unbranched alkanes of at least 4 members (excludes halogenated alkanes) is 18. The van der Waals surface area contributed by atoms with Crippen LogP contribution in [-0.4, -0.2) is 82.8 Å². The number of likely N-dealkylation sites (N-methyl/N-ethyl adjacent to an activating group) is 1. The standard InChI is InChI=1S/C46H89NO6S2/c1-6-10-14-17-18-19-27-35-45(50)52-42(39-54-36-28-15-11-7-2)32-25-20-23-30-41(48)31-24-21-26-33-43(40-55-37-29-16-12-8-3)53-46(51)38-47(5)44(49)34-22-13-9-4/h41-43,48H,6-40H2,1-5H3. The first-order valence-electron chi connectivity index (χ1n) is 23.2. The number of thioether (sulfide) groups is 2. The van der Waals surface area contributed by atoms with Gasteiger partial charge in [-0.25, -0.2) is 0 Å². The molecule has 0 aliphatic rings. The Balaban J connectivity index is 4.52. The lowest BCUT2D eigenvalue weighted by molar-refractivity contribution is -0.152. The molecule has 0 aromatic rings. The van der Waals surface area contributed by atoms with Gasteiger partial charge in [-0.15, -0.1) is 0 Å². The fourth-order valence-corrected chi connectivity index (χ4v) is 8.88. The Morgan fingerprint density at radius 1 is 0.491 bits per heavy atom. The summed E-state index contributed by atoms with van der Waals surface area (Å²) in [4.78, 5) is 39.3. The van der Waals surface area contributed by atoms with Crippen LogP contribution < -0.4 is 0 Å². The molecule has 3 atom stereocenters. The van der Waals surface area contributed by atoms with E-state index in [1.165, 1.54) is 88.4 Å². The average Bonchev–Trinajstić information content (AvgIpc) is 3.16. The predicted octanol–water partition coefficient (Wildman–Crippen LogP) is 12.9. The number of rotatable bonds is 42. The summed E-state index contributed by atoms with van der Waals surface area (Å²) in [6.07, 6.45) is 31.3. The number of hydrogen-bond acceptors (Lipinski definition) is 8. The number of esters is 2. The van der Waals surface area contributed by atoms with E-state index in [0.717, 1.165) is 119 Å². The summed E-state index contributed by atoms with van der Waals surface area (Å²) in [6.45, 7) is 8.83. The molecule has 1 N–H and O–H groups in total. The highest BCUT2D eigenvalue weighted by atomic mass is 32.2. The molecule has 0 rings (SSSR count). The van der Waals surface area contributed by atoms with Crippen molar-refractivity contribution >= 4 is 41.4 Å². The van der Waals surface area contributed by atoms with Gasteiger partial charge in [0, 0.05) is 31.4 Å². The molecule has 7 nitrogen and oxygen atoms in total. The lowest BCUT2D eigenvalue weighted by Crippen LogP contribution is -2.35. The minimum atomic E-state index is -0.313. The Kier molecular flexibility index (Phi) is 40.5. The molecule has 0 saturated carbocycles. The Bertz CT molecular complexity index is 877. The molecule has 0 radical (unpaired) electrons. The topological polar surface area (TPSA) is 93.1 Å². The van der Waals surface area contributed by atoms with E-state index in [1.54, 1.807) is 7.05 Å². The SMILES string of the molecule is CCCCCCCCCC(=O)OC(CCCCCC(O)CCCCCC(CSCCCCCC)OC(=O)CN(C)C(=O)CCCCC)CSCCCCCC. The third-order valence-corrected chi connectivity index (χ3v) is 12.8. The second kappa shape index (κ2) is 41.2. The molecule has 0 spiro atoms. The highest BCUT2D eigenvalue weighted by Gasteiger charge is 2.19. The van der Waals surface area contributed by atoms with Crippen LogP contribution in [0.25, 0.3) is 0 Å². The first-order chi connectivity index (χ1) is 26.8. The quantitative estimate of drug-likeness (QED) is 0.0481. The Hall–Kier alpha value is -0.930. The van der Waals surface area contributed by atoms with E-state index in [1.807, 2.05) is 23.5 Å². The van der Waals surface area contributed by atoms with Crippen molar-refractivity contribution < 1.29 is 29.0 Å². The van der Waals surface area contributed by atoms with Crippen LogP contribution in [0, 0.1) is 0 Å². The lowest BCUT2D eigenvalue weighted by atomic mass is 10.0. The molecule has 0 aliphatic carbocycles. The number of carbonyl (C=O) groups is 3. The molecule has 0 fully saturated rings. The zero-order valence-electron chi connectivity index (χ0n) is 36.7. The van der Waals surface area contributed by atoms with Gasteiger partial charge in [-0.1, -0.05) is 143 Å². The van der Waals surface area contributed by atoms with Gasteiger partial charge < -0.3 is 19.5 Å². The van der Waals surface area contributed by atoms with Crippen LogP contribution in [-0.2, 0) is 23.9 Å². The smallest absolute Gasteiger partial charge is 0.325 e. The van der Waals surface area contributed by atoms with Crippen LogP contribution in [0.15, 0.2) is 0 Å². The molecule has 9 heteroatoms. The van der Waals surface area contributed by atoms with Crippen LogP contribution in [0.2, 0.25) is 0 Å². The zero-order valence-corrected chi connectivity index (χ0v) is 38.4. The molecule has 1 amide bonds. The second-order valence-corrected chi connectivity index (χ2v) is 18.3. The number of aliphatic hydroxyl groups is 1. The van der Waals surface area contributed by atoms with Gasteiger partial charge in [0.05, 0.1) is 6.10 Å². The molecular weight excluding hydrogens is 727 g/mol. The van der Waals surface area contributed by atoms with Gasteiger partial charge in [0.1, 0.15) is 18.8 Å². The van der Waals surface area contributed by atoms with Crippen molar-refractivity contribution in [2.24, 2.45) is 0 Å². The maximum absolute atomic E-state index is 12.8. The monoisotopic (exact) mass is 816 g/mol. The maximum Gasteiger partial charge on any atom is 0.325 e. The number of ether oxygens (including phenoxy) is 2. The molecule has 0 heterocycles. The van der Waals surface area contributed by atoms with Gasteiger partial charge in [-0.3, -0.25) is 14.4 Å². The van der Waals surface area contributed by atoms with Crippen LogP contribution in [0.4, 0.5) is 0 Å². The zero-order chi connectivity index (χ0) is 40.6. The van der Waals surface area contributed by atoms with Crippen LogP contribution in [0.3, 0.4) is 0 Å². The molecule has 0 bridgehead atoms. The summed E-state index contributed by atoms with van der Waals surface area (Å²) in [6, 6.07) is 0. The molecule has 0 aromatic heterocycles. The molecule has 0 aromatic carbocycles. The van der Waals surface area contributed by atoms with Crippen molar-refractivity contribution in [1.29, 1.82) is 0 Å². The second-order valence-electron chi connectivity index (χ2n) is 16.0. The van der Waals surface area contributed by atoms with E-state index >= 15 is 0 Å². The number of amides is 1. The van der Waals surface area contributed by atoms with E-state index in [9.17, 15) is 19.5 Å². The van der Waals surface area contributed by atoms with Gasteiger partial charge in [0.15, 0.2) is 0 Å². The molecule has 0 aliphatic heterocycles. The number of hydrogen-bond donors (Lipinski definition) is 1. The van der Waals surface area contributed by atoms with Gasteiger partial charge in [-0.2, -0.15) is 23.5 Å². The number of carbonyl (C=O) groups excluding carboxylic acids is 3. The van der Waals surface area contributed by atoms with Gasteiger partial charge in [0.25, 0.3) is 0 Å². The van der Waals surface area contributed by atoms with E-state index < -0.39 is 0 Å². The van der Waals surface area contributed by atoms with Gasteiger partial charge in [-0.05, 0) is 75.7 Å². The van der Waals surface area contributed by atoms with E-state index in [0.29, 0.717) is 12.8 Å². The van der Waals surface area contributed by atoms with Crippen molar-refractivity contribution in [3.05, 3.63) is 0 Å². The van der Waals surface area contributed by atoms with E-state index in [4.69, 9.17) is 9.47 Å². The van der Waals surface area contributed by atoms with E-state index in [2.05, 4.69) is 27.7 Å². The largest absolute Gasteiger partial charge is 0.461 e. The third-order valence-electron chi connectivity index (χ3n) is 10.4. The highest BCUT2D eigenvalue weighted by molar-refractivity contribution is 7.99. The van der Waals surface area contributed by atoms with Crippen LogP contribution in [0.1, 0.15) is 220 Å². The molecular formula is C46H89NO6S2. The van der Waals surface area contributed by atoms with Crippen molar-refractivity contribution in [3.8, 4) is 0 Å². The summed E-state index contributed by atoms with van der Waals surface area (Å²) in [5, 5.41) is 10.7. The minimum Gasteiger partial charge on any atom is -0.461 e. The summed E-state index contributed by atoms with van der Waals surface area (Å²) >= 11 is 3.80. The van der Waals surface area contributed by atoms with Crippen LogP contribution >= 0.6 is 23.5 Å². The first-order valence-corrected chi connectivity index (χ1v) is 25.5. The normalized spacial score (nSPS) is 13.1.